The SMILES string of the molecule is Cc1ccc(Cl)cc1NS(=O)(=O)c1ccc(-c2nnc(C3CCC3)o2)s1. The van der Waals surface area contributed by atoms with Gasteiger partial charge in [-0.15, -0.1) is 21.5 Å². The van der Waals surface area contributed by atoms with Gasteiger partial charge in [0.1, 0.15) is 4.21 Å². The second-order valence-corrected chi connectivity index (χ2v) is 9.69. The van der Waals surface area contributed by atoms with Crippen LogP contribution in [0.15, 0.2) is 39.0 Å². The van der Waals surface area contributed by atoms with Crippen molar-refractivity contribution in [3.63, 3.8) is 0 Å². The van der Waals surface area contributed by atoms with Gasteiger partial charge in [0.05, 0.1) is 10.6 Å². The van der Waals surface area contributed by atoms with Crippen molar-refractivity contribution < 1.29 is 12.8 Å². The van der Waals surface area contributed by atoms with Crippen LogP contribution in [-0.4, -0.2) is 18.6 Å². The molecule has 0 aliphatic heterocycles. The van der Waals surface area contributed by atoms with Gasteiger partial charge in [-0.1, -0.05) is 24.1 Å². The lowest BCUT2D eigenvalue weighted by atomic mass is 9.85. The van der Waals surface area contributed by atoms with Gasteiger partial charge in [0.25, 0.3) is 15.9 Å². The van der Waals surface area contributed by atoms with Crippen molar-refractivity contribution >= 4 is 38.6 Å². The predicted octanol–water partition coefficient (Wildman–Crippen LogP) is 4.83. The molecule has 6 nitrogen and oxygen atoms in total. The summed E-state index contributed by atoms with van der Waals surface area (Å²) in [7, 11) is -3.72. The van der Waals surface area contributed by atoms with Crippen molar-refractivity contribution in [2.45, 2.75) is 36.3 Å². The highest BCUT2D eigenvalue weighted by molar-refractivity contribution is 7.94. The van der Waals surface area contributed by atoms with E-state index in [1.165, 1.54) is 12.5 Å². The fourth-order valence-corrected chi connectivity index (χ4v) is 5.15. The number of aromatic nitrogens is 2. The van der Waals surface area contributed by atoms with Crippen LogP contribution in [0.2, 0.25) is 5.02 Å². The molecule has 9 heteroatoms. The number of aryl methyl sites for hydroxylation is 1. The Bertz CT molecular complexity index is 1050. The summed E-state index contributed by atoms with van der Waals surface area (Å²) in [5.74, 6) is 1.33. The topological polar surface area (TPSA) is 85.1 Å². The first kappa shape index (κ1) is 17.5. The lowest BCUT2D eigenvalue weighted by Gasteiger charge is -2.20. The van der Waals surface area contributed by atoms with Gasteiger partial charge < -0.3 is 4.42 Å². The number of hydrogen-bond acceptors (Lipinski definition) is 6. The zero-order chi connectivity index (χ0) is 18.3. The first-order chi connectivity index (χ1) is 12.4. The minimum atomic E-state index is -3.72. The minimum absolute atomic E-state index is 0.176. The molecule has 0 radical (unpaired) electrons. The molecule has 0 bridgehead atoms. The van der Waals surface area contributed by atoms with Gasteiger partial charge in [-0.25, -0.2) is 8.42 Å². The second-order valence-electron chi connectivity index (χ2n) is 6.26. The summed E-state index contributed by atoms with van der Waals surface area (Å²) in [4.78, 5) is 0.631. The number of nitrogens with one attached hydrogen (secondary N) is 1. The number of halogens is 1. The number of rotatable bonds is 5. The van der Waals surface area contributed by atoms with Crippen LogP contribution in [0.5, 0.6) is 0 Å². The van der Waals surface area contributed by atoms with E-state index in [2.05, 4.69) is 14.9 Å². The number of sulfonamides is 1. The van der Waals surface area contributed by atoms with E-state index in [0.717, 1.165) is 29.7 Å². The van der Waals surface area contributed by atoms with Crippen molar-refractivity contribution in [3.05, 3.63) is 46.8 Å². The van der Waals surface area contributed by atoms with Crippen molar-refractivity contribution in [2.75, 3.05) is 4.72 Å². The molecule has 136 valence electrons. The van der Waals surface area contributed by atoms with E-state index in [9.17, 15) is 8.42 Å². The van der Waals surface area contributed by atoms with Crippen molar-refractivity contribution in [1.29, 1.82) is 0 Å². The molecule has 0 amide bonds. The summed E-state index contributed by atoms with van der Waals surface area (Å²) < 4.78 is 33.8. The van der Waals surface area contributed by atoms with E-state index in [4.69, 9.17) is 16.0 Å². The van der Waals surface area contributed by atoms with Gasteiger partial charge in [0.2, 0.25) is 5.89 Å². The monoisotopic (exact) mass is 409 g/mol. The third-order valence-electron chi connectivity index (χ3n) is 4.40. The Morgan fingerprint density at radius 2 is 2.04 bits per heavy atom. The zero-order valence-corrected chi connectivity index (χ0v) is 16.3. The molecular formula is C17H16ClN3O3S2. The second kappa shape index (κ2) is 6.68. The Labute approximate surface area is 160 Å². The van der Waals surface area contributed by atoms with Gasteiger partial charge in [0.15, 0.2) is 0 Å². The molecule has 1 aliphatic carbocycles. The first-order valence-electron chi connectivity index (χ1n) is 8.15. The molecule has 0 spiro atoms. The van der Waals surface area contributed by atoms with Crippen LogP contribution in [0, 0.1) is 6.92 Å². The Morgan fingerprint density at radius 1 is 1.23 bits per heavy atom. The maximum atomic E-state index is 12.7. The van der Waals surface area contributed by atoms with E-state index in [-0.39, 0.29) is 4.21 Å². The van der Waals surface area contributed by atoms with Crippen LogP contribution in [0.25, 0.3) is 10.8 Å². The fourth-order valence-electron chi connectivity index (χ4n) is 2.63. The van der Waals surface area contributed by atoms with Gasteiger partial charge >= 0.3 is 0 Å². The average Bonchev–Trinajstić information content (AvgIpc) is 3.18. The molecule has 3 aromatic rings. The van der Waals surface area contributed by atoms with Gasteiger partial charge in [0, 0.05) is 10.9 Å². The summed E-state index contributed by atoms with van der Waals surface area (Å²) in [6, 6.07) is 8.29. The van der Waals surface area contributed by atoms with Crippen LogP contribution < -0.4 is 4.72 Å². The quantitative estimate of drug-likeness (QED) is 0.652. The summed E-state index contributed by atoms with van der Waals surface area (Å²) in [5, 5.41) is 8.61. The Morgan fingerprint density at radius 3 is 2.77 bits per heavy atom. The average molecular weight is 410 g/mol. The van der Waals surface area contributed by atoms with Gasteiger partial charge in [-0.2, -0.15) is 0 Å². The molecular weight excluding hydrogens is 394 g/mol. The van der Waals surface area contributed by atoms with E-state index in [0.29, 0.717) is 33.3 Å². The van der Waals surface area contributed by atoms with Crippen LogP contribution in [-0.2, 0) is 10.0 Å². The molecule has 0 unspecified atom stereocenters. The maximum Gasteiger partial charge on any atom is 0.271 e. The molecule has 1 aromatic carbocycles. The molecule has 1 saturated carbocycles. The zero-order valence-electron chi connectivity index (χ0n) is 13.9. The Hall–Kier alpha value is -1.90. The Balaban J connectivity index is 1.58. The third kappa shape index (κ3) is 3.36. The van der Waals surface area contributed by atoms with E-state index in [1.54, 1.807) is 24.3 Å². The Kier molecular flexibility index (Phi) is 4.50. The number of hydrogen-bond donors (Lipinski definition) is 1. The summed E-state index contributed by atoms with van der Waals surface area (Å²) in [6.45, 7) is 1.81. The molecule has 2 heterocycles. The molecule has 1 aliphatic rings. The predicted molar refractivity (Wildman–Crippen MR) is 101 cm³/mol. The number of benzene rings is 1. The molecule has 0 atom stereocenters. The molecule has 0 saturated heterocycles. The van der Waals surface area contributed by atoms with Crippen molar-refractivity contribution in [1.82, 2.24) is 10.2 Å². The van der Waals surface area contributed by atoms with E-state index in [1.807, 2.05) is 6.92 Å². The van der Waals surface area contributed by atoms with E-state index < -0.39 is 10.0 Å². The standard InChI is InChI=1S/C17H16ClN3O3S2/c1-10-5-6-12(18)9-13(10)21-26(22,23)15-8-7-14(25-15)17-20-19-16(24-17)11-3-2-4-11/h5-9,11,21H,2-4H2,1H3. The lowest BCUT2D eigenvalue weighted by molar-refractivity contribution is 0.338. The third-order valence-corrected chi connectivity index (χ3v) is 7.56. The largest absolute Gasteiger partial charge is 0.420 e. The lowest BCUT2D eigenvalue weighted by Crippen LogP contribution is -2.12. The normalized spacial score (nSPS) is 15.0. The highest BCUT2D eigenvalue weighted by Gasteiger charge is 2.26. The summed E-state index contributed by atoms with van der Waals surface area (Å²) in [5.41, 5.74) is 1.24. The number of anilines is 1. The maximum absolute atomic E-state index is 12.7. The van der Waals surface area contributed by atoms with Crippen LogP contribution >= 0.6 is 22.9 Å². The van der Waals surface area contributed by atoms with Crippen LogP contribution in [0.3, 0.4) is 0 Å². The van der Waals surface area contributed by atoms with Crippen molar-refractivity contribution in [2.24, 2.45) is 0 Å². The first-order valence-corrected chi connectivity index (χ1v) is 10.8. The number of nitrogens with zero attached hydrogens (tertiary/aromatic N) is 2. The van der Waals surface area contributed by atoms with E-state index >= 15 is 0 Å². The van der Waals surface area contributed by atoms with Gasteiger partial charge in [-0.05, 0) is 49.6 Å². The smallest absolute Gasteiger partial charge is 0.271 e. The molecule has 26 heavy (non-hydrogen) atoms. The molecule has 2 aromatic heterocycles. The molecule has 1 fully saturated rings. The van der Waals surface area contributed by atoms with Gasteiger partial charge in [-0.3, -0.25) is 4.72 Å². The van der Waals surface area contributed by atoms with Crippen molar-refractivity contribution in [3.8, 4) is 10.8 Å². The van der Waals surface area contributed by atoms with Crippen LogP contribution in [0.4, 0.5) is 5.69 Å². The molecule has 1 N–H and O–H groups in total. The summed E-state index contributed by atoms with van der Waals surface area (Å²) >= 11 is 7.05. The highest BCUT2D eigenvalue weighted by atomic mass is 35.5. The fraction of sp³-hybridized carbons (Fsp3) is 0.294. The molecule has 4 rings (SSSR count). The minimum Gasteiger partial charge on any atom is -0.420 e. The number of thiophene rings is 1. The summed E-state index contributed by atoms with van der Waals surface area (Å²) in [6.07, 6.45) is 3.31. The van der Waals surface area contributed by atoms with Crippen LogP contribution in [0.1, 0.15) is 36.6 Å². The highest BCUT2D eigenvalue weighted by Crippen LogP contribution is 2.38.